The topological polar surface area (TPSA) is 105 Å². The van der Waals surface area contributed by atoms with Crippen molar-refractivity contribution >= 4 is 23.3 Å². The molecule has 170 valence electrons. The highest BCUT2D eigenvalue weighted by Crippen LogP contribution is 2.32. The lowest BCUT2D eigenvalue weighted by Crippen LogP contribution is -2.35. The van der Waals surface area contributed by atoms with Gasteiger partial charge in [0.05, 0.1) is 18.8 Å². The van der Waals surface area contributed by atoms with Crippen molar-refractivity contribution in [1.82, 2.24) is 10.1 Å². The van der Waals surface area contributed by atoms with Gasteiger partial charge in [-0.15, -0.1) is 0 Å². The summed E-state index contributed by atoms with van der Waals surface area (Å²) in [7, 11) is 0. The van der Waals surface area contributed by atoms with Crippen LogP contribution in [-0.2, 0) is 9.53 Å². The Kier molecular flexibility index (Phi) is 6.35. The van der Waals surface area contributed by atoms with E-state index in [1.807, 2.05) is 0 Å². The predicted molar refractivity (Wildman–Crippen MR) is 107 cm³/mol. The highest BCUT2D eigenvalue weighted by atomic mass is 19.1. The van der Waals surface area contributed by atoms with E-state index in [2.05, 4.69) is 9.68 Å². The molecule has 32 heavy (non-hydrogen) atoms. The van der Waals surface area contributed by atoms with Gasteiger partial charge in [-0.2, -0.15) is 0 Å². The van der Waals surface area contributed by atoms with Gasteiger partial charge < -0.3 is 24.0 Å². The lowest BCUT2D eigenvalue weighted by Gasteiger charge is -2.27. The molecule has 1 aromatic carbocycles. The summed E-state index contributed by atoms with van der Waals surface area (Å²) in [5.74, 6) is -1.60. The molecule has 2 aromatic rings. The quantitative estimate of drug-likeness (QED) is 0.692. The number of ether oxygens (including phenoxy) is 2. The van der Waals surface area contributed by atoms with Gasteiger partial charge in [0, 0.05) is 31.1 Å². The van der Waals surface area contributed by atoms with Crippen molar-refractivity contribution in [2.24, 2.45) is 0 Å². The van der Waals surface area contributed by atoms with E-state index in [0.717, 1.165) is 17.0 Å². The predicted octanol–water partition coefficient (Wildman–Crippen LogP) is 2.36. The van der Waals surface area contributed by atoms with Gasteiger partial charge in [0.25, 0.3) is 5.88 Å². The van der Waals surface area contributed by atoms with Crippen LogP contribution in [0.25, 0.3) is 5.57 Å². The molecule has 2 amide bonds. The number of carbonyl (C=O) groups excluding carboxylic acids is 2. The Labute approximate surface area is 181 Å². The van der Waals surface area contributed by atoms with E-state index in [1.54, 1.807) is 6.08 Å². The van der Waals surface area contributed by atoms with Crippen molar-refractivity contribution in [3.8, 4) is 5.88 Å². The van der Waals surface area contributed by atoms with Gasteiger partial charge in [0.1, 0.15) is 24.5 Å². The first-order chi connectivity index (χ1) is 15.5. The van der Waals surface area contributed by atoms with Crippen molar-refractivity contribution in [2.45, 2.75) is 18.9 Å². The first-order valence-electron chi connectivity index (χ1n) is 10.0. The van der Waals surface area contributed by atoms with Gasteiger partial charge >= 0.3 is 6.09 Å². The molecule has 9 nitrogen and oxygen atoms in total. The molecule has 11 heteroatoms. The maximum absolute atomic E-state index is 14.9. The Morgan fingerprint density at radius 2 is 2.09 bits per heavy atom. The largest absolute Gasteiger partial charge is 0.471 e. The minimum absolute atomic E-state index is 0.0101. The fraction of sp³-hybridized carbons (Fsp3) is 0.381. The number of aliphatic hydroxyl groups is 1. The number of hydrogen-bond donors (Lipinski definition) is 1. The first-order valence-corrected chi connectivity index (χ1v) is 10.0. The van der Waals surface area contributed by atoms with E-state index < -0.39 is 23.8 Å². The fourth-order valence-electron chi connectivity index (χ4n) is 3.67. The number of cyclic esters (lactones) is 1. The summed E-state index contributed by atoms with van der Waals surface area (Å²) in [6.45, 7) is 0.329. The third kappa shape index (κ3) is 4.57. The Balaban J connectivity index is 1.45. The molecule has 2 aliphatic heterocycles. The standard InChI is InChI=1S/C21H21F2N3O6/c22-16-9-14(26-11-15(32-21(26)29)12-30-18-4-8-31-24-18)10-17(23)20(16)13-1-5-25(6-2-13)19(28)3-7-27/h1,4,8-10,15,27H,2-3,5-7,11-12H2. The molecule has 0 aliphatic carbocycles. The minimum Gasteiger partial charge on any atom is -0.471 e. The van der Waals surface area contributed by atoms with Gasteiger partial charge in [0.2, 0.25) is 5.91 Å². The molecular weight excluding hydrogens is 428 g/mol. The lowest BCUT2D eigenvalue weighted by molar-refractivity contribution is -0.131. The first kappa shape index (κ1) is 21.8. The second kappa shape index (κ2) is 9.35. The molecule has 0 bridgehead atoms. The van der Waals surface area contributed by atoms with Crippen LogP contribution in [0.5, 0.6) is 5.88 Å². The fourth-order valence-corrected chi connectivity index (χ4v) is 3.67. The molecule has 0 radical (unpaired) electrons. The van der Waals surface area contributed by atoms with Crippen LogP contribution in [0, 0.1) is 11.6 Å². The zero-order chi connectivity index (χ0) is 22.7. The zero-order valence-electron chi connectivity index (χ0n) is 17.0. The minimum atomic E-state index is -0.809. The molecule has 4 rings (SSSR count). The van der Waals surface area contributed by atoms with Crippen LogP contribution in [0.15, 0.2) is 35.1 Å². The van der Waals surface area contributed by atoms with E-state index >= 15 is 0 Å². The summed E-state index contributed by atoms with van der Waals surface area (Å²) >= 11 is 0. The van der Waals surface area contributed by atoms with Gasteiger partial charge in [-0.3, -0.25) is 9.69 Å². The Morgan fingerprint density at radius 1 is 1.31 bits per heavy atom. The summed E-state index contributed by atoms with van der Waals surface area (Å²) < 4.78 is 44.9. The van der Waals surface area contributed by atoms with Crippen molar-refractivity contribution in [2.75, 3.05) is 37.7 Å². The molecular formula is C21H21F2N3O6. The van der Waals surface area contributed by atoms with E-state index in [1.165, 1.54) is 17.2 Å². The van der Waals surface area contributed by atoms with Gasteiger partial charge in [-0.25, -0.2) is 13.6 Å². The van der Waals surface area contributed by atoms with Crippen LogP contribution in [0.4, 0.5) is 19.3 Å². The number of nitrogens with zero attached hydrogens (tertiary/aromatic N) is 3. The van der Waals surface area contributed by atoms with E-state index in [-0.39, 0.29) is 62.2 Å². The molecule has 1 atom stereocenters. The second-order valence-electron chi connectivity index (χ2n) is 7.34. The van der Waals surface area contributed by atoms with Crippen LogP contribution in [0.2, 0.25) is 0 Å². The maximum atomic E-state index is 14.9. The van der Waals surface area contributed by atoms with Gasteiger partial charge in [-0.05, 0) is 29.3 Å². The van der Waals surface area contributed by atoms with Crippen LogP contribution in [0.1, 0.15) is 18.4 Å². The second-order valence-corrected chi connectivity index (χ2v) is 7.34. The number of rotatable bonds is 7. The third-order valence-corrected chi connectivity index (χ3v) is 5.25. The summed E-state index contributed by atoms with van der Waals surface area (Å²) in [6.07, 6.45) is 1.84. The summed E-state index contributed by atoms with van der Waals surface area (Å²) in [5, 5.41) is 12.5. The lowest BCUT2D eigenvalue weighted by atomic mass is 9.97. The Hall–Kier alpha value is -3.47. The van der Waals surface area contributed by atoms with Crippen molar-refractivity contribution in [3.63, 3.8) is 0 Å². The van der Waals surface area contributed by atoms with Crippen molar-refractivity contribution in [1.29, 1.82) is 0 Å². The van der Waals surface area contributed by atoms with E-state index in [4.69, 9.17) is 14.6 Å². The number of aliphatic hydroxyl groups excluding tert-OH is 1. The SMILES string of the molecule is O=C(CCO)N1CC=C(c2c(F)cc(N3CC(COc4ccon4)OC3=O)cc2F)CC1. The molecule has 3 heterocycles. The average molecular weight is 449 g/mol. The highest BCUT2D eigenvalue weighted by Gasteiger charge is 2.34. The number of aromatic nitrogens is 1. The van der Waals surface area contributed by atoms with Crippen LogP contribution >= 0.6 is 0 Å². The molecule has 1 saturated heterocycles. The molecule has 0 saturated carbocycles. The number of benzene rings is 1. The third-order valence-electron chi connectivity index (χ3n) is 5.25. The van der Waals surface area contributed by atoms with Gasteiger partial charge in [0.15, 0.2) is 6.10 Å². The van der Waals surface area contributed by atoms with Crippen LogP contribution in [-0.4, -0.2) is 66.1 Å². The van der Waals surface area contributed by atoms with Crippen LogP contribution < -0.4 is 9.64 Å². The average Bonchev–Trinajstić information content (AvgIpc) is 3.42. The number of halogens is 2. The molecule has 1 aromatic heterocycles. The summed E-state index contributed by atoms with van der Waals surface area (Å²) in [5.41, 5.74) is 0.304. The smallest absolute Gasteiger partial charge is 0.414 e. The molecule has 1 fully saturated rings. The number of carbonyl (C=O) groups is 2. The maximum Gasteiger partial charge on any atom is 0.414 e. The number of amides is 2. The monoisotopic (exact) mass is 449 g/mol. The van der Waals surface area contributed by atoms with Crippen molar-refractivity contribution < 1.29 is 37.5 Å². The zero-order valence-corrected chi connectivity index (χ0v) is 17.0. The van der Waals surface area contributed by atoms with Gasteiger partial charge in [-0.1, -0.05) is 6.08 Å². The highest BCUT2D eigenvalue weighted by molar-refractivity contribution is 5.90. The normalized spacial score (nSPS) is 18.5. The number of anilines is 1. The number of hydrogen-bond acceptors (Lipinski definition) is 7. The Bertz CT molecular complexity index is 1000. The van der Waals surface area contributed by atoms with Crippen molar-refractivity contribution in [3.05, 3.63) is 47.7 Å². The molecule has 1 unspecified atom stereocenters. The van der Waals surface area contributed by atoms with Crippen LogP contribution in [0.3, 0.4) is 0 Å². The van der Waals surface area contributed by atoms with E-state index in [9.17, 15) is 18.4 Å². The summed E-state index contributed by atoms with van der Waals surface area (Å²) in [6, 6.07) is 3.68. The molecule has 1 N–H and O–H groups in total. The van der Waals surface area contributed by atoms with E-state index in [0.29, 0.717) is 12.1 Å². The molecule has 2 aliphatic rings. The Morgan fingerprint density at radius 3 is 2.72 bits per heavy atom. The summed E-state index contributed by atoms with van der Waals surface area (Å²) in [4.78, 5) is 26.7. The molecule has 0 spiro atoms.